The number of halogens is 1. The van der Waals surface area contributed by atoms with Gasteiger partial charge in [-0.15, -0.1) is 16.7 Å². The topological polar surface area (TPSA) is 30.7 Å². The van der Waals surface area contributed by atoms with E-state index in [4.69, 9.17) is 11.6 Å². The Bertz CT molecular complexity index is 281. The van der Waals surface area contributed by atoms with Crippen molar-refractivity contribution in [3.05, 3.63) is 11.9 Å². The first-order valence-electron chi connectivity index (χ1n) is 3.31. The lowest BCUT2D eigenvalue weighted by Crippen LogP contribution is -1.99. The molecular weight excluding hydrogens is 162 g/mol. The second-order valence-electron chi connectivity index (χ2n) is 1.87. The molecule has 0 bridgehead atoms. The third-order valence-corrected chi connectivity index (χ3v) is 1.33. The summed E-state index contributed by atoms with van der Waals surface area (Å²) in [6.07, 6.45) is 1.63. The molecule has 1 rings (SSSR count). The molecule has 0 N–H and O–H groups in total. The second-order valence-corrected chi connectivity index (χ2v) is 2.14. The molecule has 58 valence electrons. The van der Waals surface area contributed by atoms with Crippen molar-refractivity contribution in [1.29, 1.82) is 0 Å². The molecule has 0 unspecified atom stereocenters. The standard InChI is InChI=1S/C7H8ClN3/c1-2-11-7(4-3-5-8)6-9-10-11/h6H,2,5H2,1H3. The Morgan fingerprint density at radius 2 is 2.55 bits per heavy atom. The molecule has 0 aromatic carbocycles. The number of hydrogen-bond acceptors (Lipinski definition) is 2. The van der Waals surface area contributed by atoms with Crippen LogP contribution in [0.25, 0.3) is 0 Å². The zero-order valence-corrected chi connectivity index (χ0v) is 6.97. The van der Waals surface area contributed by atoms with Gasteiger partial charge in [-0.25, -0.2) is 4.68 Å². The Labute approximate surface area is 70.4 Å². The van der Waals surface area contributed by atoms with Gasteiger partial charge in [0.25, 0.3) is 0 Å². The van der Waals surface area contributed by atoms with Gasteiger partial charge >= 0.3 is 0 Å². The summed E-state index contributed by atoms with van der Waals surface area (Å²) >= 11 is 5.39. The largest absolute Gasteiger partial charge is 0.237 e. The van der Waals surface area contributed by atoms with Crippen molar-refractivity contribution >= 4 is 11.6 Å². The van der Waals surface area contributed by atoms with Gasteiger partial charge in [-0.1, -0.05) is 11.1 Å². The monoisotopic (exact) mass is 169 g/mol. The van der Waals surface area contributed by atoms with E-state index in [1.807, 2.05) is 6.92 Å². The first-order valence-corrected chi connectivity index (χ1v) is 3.85. The highest BCUT2D eigenvalue weighted by Gasteiger charge is 1.95. The van der Waals surface area contributed by atoms with Crippen LogP contribution in [0, 0.1) is 11.8 Å². The maximum Gasteiger partial charge on any atom is 0.131 e. The van der Waals surface area contributed by atoms with Crippen molar-refractivity contribution in [2.75, 3.05) is 5.88 Å². The average Bonchev–Trinajstić information content (AvgIpc) is 2.47. The van der Waals surface area contributed by atoms with Crippen LogP contribution in [0.3, 0.4) is 0 Å². The van der Waals surface area contributed by atoms with Gasteiger partial charge < -0.3 is 0 Å². The third kappa shape index (κ3) is 1.95. The minimum absolute atomic E-state index is 0.342. The molecule has 0 aliphatic heterocycles. The van der Waals surface area contributed by atoms with Crippen LogP contribution in [0.5, 0.6) is 0 Å². The molecular formula is C7H8ClN3. The number of hydrogen-bond donors (Lipinski definition) is 0. The smallest absolute Gasteiger partial charge is 0.131 e. The summed E-state index contributed by atoms with van der Waals surface area (Å²) in [5.41, 5.74) is 0.813. The maximum absolute atomic E-state index is 5.39. The Morgan fingerprint density at radius 1 is 1.73 bits per heavy atom. The molecule has 11 heavy (non-hydrogen) atoms. The van der Waals surface area contributed by atoms with Crippen LogP contribution < -0.4 is 0 Å². The summed E-state index contributed by atoms with van der Waals surface area (Å²) in [4.78, 5) is 0. The highest BCUT2D eigenvalue weighted by molar-refractivity contribution is 6.19. The molecule has 0 saturated heterocycles. The minimum Gasteiger partial charge on any atom is -0.237 e. The molecule has 0 saturated carbocycles. The van der Waals surface area contributed by atoms with E-state index < -0.39 is 0 Å². The van der Waals surface area contributed by atoms with E-state index in [0.717, 1.165) is 12.2 Å². The van der Waals surface area contributed by atoms with Gasteiger partial charge in [-0.3, -0.25) is 0 Å². The van der Waals surface area contributed by atoms with E-state index in [1.165, 1.54) is 0 Å². The molecule has 0 radical (unpaired) electrons. The van der Waals surface area contributed by atoms with Gasteiger partial charge in [0.2, 0.25) is 0 Å². The number of alkyl halides is 1. The summed E-state index contributed by atoms with van der Waals surface area (Å²) in [7, 11) is 0. The Kier molecular flexibility index (Phi) is 2.94. The Morgan fingerprint density at radius 3 is 3.18 bits per heavy atom. The van der Waals surface area contributed by atoms with Gasteiger partial charge in [0.1, 0.15) is 5.69 Å². The Hall–Kier alpha value is -1.01. The van der Waals surface area contributed by atoms with Crippen LogP contribution in [0.2, 0.25) is 0 Å². The Balaban J connectivity index is 2.84. The number of nitrogens with zero attached hydrogens (tertiary/aromatic N) is 3. The fourth-order valence-electron chi connectivity index (χ4n) is 0.712. The summed E-state index contributed by atoms with van der Waals surface area (Å²) in [5, 5.41) is 7.52. The van der Waals surface area contributed by atoms with Crippen LogP contribution in [0.1, 0.15) is 12.6 Å². The SMILES string of the molecule is CCn1nncc1C#CCCl. The fourth-order valence-corrected chi connectivity index (χ4v) is 0.779. The van der Waals surface area contributed by atoms with Crippen molar-refractivity contribution in [2.45, 2.75) is 13.5 Å². The maximum atomic E-state index is 5.39. The minimum atomic E-state index is 0.342. The van der Waals surface area contributed by atoms with Gasteiger partial charge in [-0.05, 0) is 12.8 Å². The molecule has 0 spiro atoms. The molecule has 4 heteroatoms. The first kappa shape index (κ1) is 8.09. The van der Waals surface area contributed by atoms with Crippen molar-refractivity contribution in [3.8, 4) is 11.8 Å². The van der Waals surface area contributed by atoms with Crippen LogP contribution in [0.4, 0.5) is 0 Å². The van der Waals surface area contributed by atoms with E-state index in [0.29, 0.717) is 5.88 Å². The molecule has 1 aromatic rings. The molecule has 0 amide bonds. The molecule has 1 aromatic heterocycles. The lowest BCUT2D eigenvalue weighted by Gasteiger charge is -1.92. The van der Waals surface area contributed by atoms with Crippen molar-refractivity contribution in [2.24, 2.45) is 0 Å². The summed E-state index contributed by atoms with van der Waals surface area (Å²) < 4.78 is 1.72. The van der Waals surface area contributed by atoms with E-state index >= 15 is 0 Å². The quantitative estimate of drug-likeness (QED) is 0.462. The van der Waals surface area contributed by atoms with Gasteiger partial charge in [0, 0.05) is 6.54 Å². The predicted molar refractivity (Wildman–Crippen MR) is 43.3 cm³/mol. The van der Waals surface area contributed by atoms with Crippen LogP contribution in [-0.2, 0) is 6.54 Å². The second kappa shape index (κ2) is 3.99. The fraction of sp³-hybridized carbons (Fsp3) is 0.429. The highest BCUT2D eigenvalue weighted by Crippen LogP contribution is 1.92. The zero-order valence-electron chi connectivity index (χ0n) is 6.21. The third-order valence-electron chi connectivity index (χ3n) is 1.20. The van der Waals surface area contributed by atoms with Crippen molar-refractivity contribution < 1.29 is 0 Å². The zero-order chi connectivity index (χ0) is 8.10. The lowest BCUT2D eigenvalue weighted by molar-refractivity contribution is 0.621. The normalized spacial score (nSPS) is 8.91. The number of aromatic nitrogens is 3. The van der Waals surface area contributed by atoms with E-state index in [-0.39, 0.29) is 0 Å². The average molecular weight is 170 g/mol. The van der Waals surface area contributed by atoms with Crippen LogP contribution in [-0.4, -0.2) is 20.9 Å². The molecule has 0 fully saturated rings. The van der Waals surface area contributed by atoms with E-state index in [2.05, 4.69) is 22.2 Å². The van der Waals surface area contributed by atoms with Crippen LogP contribution in [0.15, 0.2) is 6.20 Å². The molecule has 0 atom stereocenters. The summed E-state index contributed by atoms with van der Waals surface area (Å²) in [5.74, 6) is 5.93. The lowest BCUT2D eigenvalue weighted by atomic mass is 10.4. The predicted octanol–water partition coefficient (Wildman–Crippen LogP) is 0.888. The van der Waals surface area contributed by atoms with E-state index in [9.17, 15) is 0 Å². The van der Waals surface area contributed by atoms with Gasteiger partial charge in [0.15, 0.2) is 0 Å². The first-order chi connectivity index (χ1) is 5.38. The van der Waals surface area contributed by atoms with Crippen LogP contribution >= 0.6 is 11.6 Å². The van der Waals surface area contributed by atoms with E-state index in [1.54, 1.807) is 10.9 Å². The summed E-state index contributed by atoms with van der Waals surface area (Å²) in [6, 6.07) is 0. The van der Waals surface area contributed by atoms with Crippen molar-refractivity contribution in [1.82, 2.24) is 15.0 Å². The molecule has 3 nitrogen and oxygen atoms in total. The number of aryl methyl sites for hydroxylation is 1. The molecule has 0 aliphatic rings. The number of rotatable bonds is 1. The van der Waals surface area contributed by atoms with Gasteiger partial charge in [0.05, 0.1) is 12.1 Å². The molecule has 1 heterocycles. The molecule has 0 aliphatic carbocycles. The highest BCUT2D eigenvalue weighted by atomic mass is 35.5. The van der Waals surface area contributed by atoms with Gasteiger partial charge in [-0.2, -0.15) is 0 Å². The van der Waals surface area contributed by atoms with Crippen molar-refractivity contribution in [3.63, 3.8) is 0 Å². The summed E-state index contributed by atoms with van der Waals surface area (Å²) in [6.45, 7) is 2.77.